The Morgan fingerprint density at radius 3 is 2.67 bits per heavy atom. The summed E-state index contributed by atoms with van der Waals surface area (Å²) < 4.78 is 11.5. The second-order valence-corrected chi connectivity index (χ2v) is 6.89. The summed E-state index contributed by atoms with van der Waals surface area (Å²) in [4.78, 5) is 25.4. The van der Waals surface area contributed by atoms with Gasteiger partial charge >= 0.3 is 0 Å². The van der Waals surface area contributed by atoms with Crippen LogP contribution in [-0.2, 0) is 14.3 Å². The van der Waals surface area contributed by atoms with E-state index in [1.807, 2.05) is 11.0 Å². The molecule has 1 amide bonds. The average molecular weight is 332 g/mol. The van der Waals surface area contributed by atoms with E-state index in [9.17, 15) is 4.79 Å². The predicted molar refractivity (Wildman–Crippen MR) is 87.7 cm³/mol. The molecule has 4 heterocycles. The Morgan fingerprint density at radius 2 is 1.96 bits per heavy atom. The highest BCUT2D eigenvalue weighted by Crippen LogP contribution is 2.32. The van der Waals surface area contributed by atoms with Crippen LogP contribution >= 0.6 is 0 Å². The molecule has 1 aromatic heterocycles. The van der Waals surface area contributed by atoms with Crippen LogP contribution in [0, 0.1) is 5.92 Å². The van der Waals surface area contributed by atoms with Gasteiger partial charge in [0.15, 0.2) is 0 Å². The van der Waals surface area contributed by atoms with Gasteiger partial charge in [-0.2, -0.15) is 0 Å². The highest BCUT2D eigenvalue weighted by atomic mass is 16.5. The molecule has 130 valence electrons. The third-order valence-corrected chi connectivity index (χ3v) is 5.35. The molecule has 3 fully saturated rings. The molecule has 7 heteroatoms. The Labute approximate surface area is 142 Å². The van der Waals surface area contributed by atoms with Crippen LogP contribution < -0.4 is 4.90 Å². The Bertz CT molecular complexity index is 568. The number of anilines is 1. The smallest absolute Gasteiger partial charge is 0.228 e. The molecule has 0 saturated carbocycles. The summed E-state index contributed by atoms with van der Waals surface area (Å²) in [5, 5.41) is 0. The monoisotopic (exact) mass is 332 g/mol. The van der Waals surface area contributed by atoms with Gasteiger partial charge in [0, 0.05) is 38.6 Å². The zero-order valence-corrected chi connectivity index (χ0v) is 13.9. The molecule has 7 nitrogen and oxygen atoms in total. The van der Waals surface area contributed by atoms with E-state index in [2.05, 4.69) is 14.9 Å². The summed E-state index contributed by atoms with van der Waals surface area (Å²) >= 11 is 0. The lowest BCUT2D eigenvalue weighted by Crippen LogP contribution is -2.58. The number of aromatic nitrogens is 2. The lowest BCUT2D eigenvalue weighted by molar-refractivity contribution is -0.143. The number of nitrogens with zero attached hydrogens (tertiary/aromatic N) is 4. The van der Waals surface area contributed by atoms with Crippen molar-refractivity contribution in [2.75, 3.05) is 50.9 Å². The Kier molecular flexibility index (Phi) is 4.37. The summed E-state index contributed by atoms with van der Waals surface area (Å²) in [6.07, 6.45) is 6.15. The number of carbonyl (C=O) groups is 1. The van der Waals surface area contributed by atoms with Crippen molar-refractivity contribution in [3.05, 3.63) is 18.5 Å². The van der Waals surface area contributed by atoms with Gasteiger partial charge in [-0.25, -0.2) is 9.97 Å². The summed E-state index contributed by atoms with van der Waals surface area (Å²) in [6, 6.07) is 1.83. The molecule has 3 aliphatic heterocycles. The van der Waals surface area contributed by atoms with Crippen molar-refractivity contribution in [2.24, 2.45) is 5.92 Å². The molecule has 0 bridgehead atoms. The highest BCUT2D eigenvalue weighted by molar-refractivity contribution is 5.79. The number of likely N-dealkylation sites (tertiary alicyclic amines) is 1. The van der Waals surface area contributed by atoms with E-state index < -0.39 is 0 Å². The van der Waals surface area contributed by atoms with E-state index in [0.717, 1.165) is 51.4 Å². The molecule has 1 spiro atoms. The summed E-state index contributed by atoms with van der Waals surface area (Å²) in [6.45, 7) is 5.11. The largest absolute Gasteiger partial charge is 0.381 e. The molecule has 0 aromatic carbocycles. The molecule has 1 atom stereocenters. The van der Waals surface area contributed by atoms with Crippen molar-refractivity contribution >= 4 is 11.9 Å². The molecule has 0 aliphatic carbocycles. The van der Waals surface area contributed by atoms with E-state index >= 15 is 0 Å². The van der Waals surface area contributed by atoms with Gasteiger partial charge in [-0.1, -0.05) is 0 Å². The fraction of sp³-hybridized carbons (Fsp3) is 0.706. The molecule has 24 heavy (non-hydrogen) atoms. The van der Waals surface area contributed by atoms with Gasteiger partial charge in [-0.15, -0.1) is 0 Å². The molecule has 3 saturated heterocycles. The average Bonchev–Trinajstić information content (AvgIpc) is 3.17. The first-order valence-electron chi connectivity index (χ1n) is 8.78. The van der Waals surface area contributed by atoms with Crippen LogP contribution in [0.25, 0.3) is 0 Å². The Balaban J connectivity index is 1.38. The minimum absolute atomic E-state index is 0.0561. The van der Waals surface area contributed by atoms with E-state index in [1.165, 1.54) is 0 Å². The lowest BCUT2D eigenvalue weighted by atomic mass is 9.88. The highest BCUT2D eigenvalue weighted by Gasteiger charge is 2.42. The third kappa shape index (κ3) is 3.10. The number of rotatable bonds is 2. The summed E-state index contributed by atoms with van der Waals surface area (Å²) in [5.74, 6) is 1.07. The van der Waals surface area contributed by atoms with Crippen molar-refractivity contribution in [3.8, 4) is 0 Å². The van der Waals surface area contributed by atoms with Crippen LogP contribution in [0.3, 0.4) is 0 Å². The van der Waals surface area contributed by atoms with E-state index in [1.54, 1.807) is 12.4 Å². The van der Waals surface area contributed by atoms with Crippen molar-refractivity contribution in [2.45, 2.75) is 24.9 Å². The van der Waals surface area contributed by atoms with Gasteiger partial charge in [0.05, 0.1) is 31.3 Å². The molecule has 1 aromatic rings. The van der Waals surface area contributed by atoms with Gasteiger partial charge in [0.1, 0.15) is 0 Å². The zero-order valence-electron chi connectivity index (χ0n) is 13.9. The molecular formula is C17H24N4O3. The third-order valence-electron chi connectivity index (χ3n) is 5.35. The van der Waals surface area contributed by atoms with Gasteiger partial charge in [-0.05, 0) is 25.3 Å². The second-order valence-electron chi connectivity index (χ2n) is 6.89. The maximum atomic E-state index is 12.5. The maximum absolute atomic E-state index is 12.5. The van der Waals surface area contributed by atoms with Crippen LogP contribution in [0.4, 0.5) is 5.95 Å². The Hall–Kier alpha value is -1.73. The van der Waals surface area contributed by atoms with Crippen LogP contribution in [0.15, 0.2) is 18.5 Å². The molecule has 0 N–H and O–H groups in total. The number of ether oxygens (including phenoxy) is 2. The first-order chi connectivity index (χ1) is 11.8. The van der Waals surface area contributed by atoms with E-state index in [4.69, 9.17) is 9.47 Å². The van der Waals surface area contributed by atoms with Crippen molar-refractivity contribution < 1.29 is 14.3 Å². The van der Waals surface area contributed by atoms with Crippen LogP contribution in [0.2, 0.25) is 0 Å². The number of amides is 1. The minimum Gasteiger partial charge on any atom is -0.381 e. The number of morpholine rings is 1. The summed E-state index contributed by atoms with van der Waals surface area (Å²) in [7, 11) is 0. The number of hydrogen-bond donors (Lipinski definition) is 0. The zero-order chi connectivity index (χ0) is 16.4. The molecule has 0 unspecified atom stereocenters. The Morgan fingerprint density at radius 1 is 1.17 bits per heavy atom. The van der Waals surface area contributed by atoms with Crippen molar-refractivity contribution in [1.29, 1.82) is 0 Å². The standard InChI is InChI=1S/C17H24N4O3/c22-15(14-2-10-23-12-14)20-7-3-17(4-8-20)13-21(9-11-24-17)16-18-5-1-6-19-16/h1,5-6,14H,2-4,7-13H2/t14-/m0/s1. The topological polar surface area (TPSA) is 67.8 Å². The van der Waals surface area contributed by atoms with Crippen molar-refractivity contribution in [1.82, 2.24) is 14.9 Å². The maximum Gasteiger partial charge on any atom is 0.228 e. The number of piperidine rings is 1. The fourth-order valence-corrected chi connectivity index (χ4v) is 3.89. The van der Waals surface area contributed by atoms with Crippen LogP contribution in [0.1, 0.15) is 19.3 Å². The lowest BCUT2D eigenvalue weighted by Gasteiger charge is -2.47. The first kappa shape index (κ1) is 15.8. The second kappa shape index (κ2) is 6.64. The van der Waals surface area contributed by atoms with Gasteiger partial charge in [-0.3, -0.25) is 4.79 Å². The normalized spacial score (nSPS) is 26.8. The SMILES string of the molecule is O=C([C@H]1CCOC1)N1CCC2(CC1)CN(c1ncccn1)CCO2. The first-order valence-corrected chi connectivity index (χ1v) is 8.78. The van der Waals surface area contributed by atoms with Crippen molar-refractivity contribution in [3.63, 3.8) is 0 Å². The molecular weight excluding hydrogens is 308 g/mol. The quantitative estimate of drug-likeness (QED) is 0.795. The molecule has 4 rings (SSSR count). The van der Waals surface area contributed by atoms with Gasteiger partial charge < -0.3 is 19.3 Å². The van der Waals surface area contributed by atoms with Crippen LogP contribution in [0.5, 0.6) is 0 Å². The van der Waals surface area contributed by atoms with E-state index in [-0.39, 0.29) is 17.4 Å². The van der Waals surface area contributed by atoms with E-state index in [0.29, 0.717) is 19.8 Å². The predicted octanol–water partition coefficient (Wildman–Crippen LogP) is 0.711. The number of hydrogen-bond acceptors (Lipinski definition) is 6. The van der Waals surface area contributed by atoms with Gasteiger partial charge in [0.2, 0.25) is 11.9 Å². The van der Waals surface area contributed by atoms with Crippen LogP contribution in [-0.4, -0.2) is 72.4 Å². The number of carbonyl (C=O) groups excluding carboxylic acids is 1. The minimum atomic E-state index is -0.180. The molecule has 3 aliphatic rings. The van der Waals surface area contributed by atoms with Gasteiger partial charge in [0.25, 0.3) is 0 Å². The summed E-state index contributed by atoms with van der Waals surface area (Å²) in [5.41, 5.74) is -0.180. The molecule has 0 radical (unpaired) electrons. The fourth-order valence-electron chi connectivity index (χ4n) is 3.89.